The quantitative estimate of drug-likeness (QED) is 0.837. The van der Waals surface area contributed by atoms with Crippen LogP contribution in [0, 0.1) is 11.3 Å². The monoisotopic (exact) mass is 245 g/mol. The minimum Gasteiger partial charge on any atom is -0.325 e. The van der Waals surface area contributed by atoms with Crippen LogP contribution in [0.4, 0.5) is 5.69 Å². The van der Waals surface area contributed by atoms with Crippen molar-refractivity contribution in [3.63, 3.8) is 0 Å². The lowest BCUT2D eigenvalue weighted by molar-refractivity contribution is -0.115. The number of amides is 1. The fourth-order valence-electron chi connectivity index (χ4n) is 1.73. The Morgan fingerprint density at radius 2 is 2.11 bits per heavy atom. The third-order valence-electron chi connectivity index (χ3n) is 2.75. The third kappa shape index (κ3) is 4.56. The summed E-state index contributed by atoms with van der Waals surface area (Å²) in [6.45, 7) is 7.13. The molecule has 0 atom stereocenters. The maximum Gasteiger partial charge on any atom is 0.238 e. The van der Waals surface area contributed by atoms with Gasteiger partial charge in [-0.2, -0.15) is 5.26 Å². The molecule has 1 rings (SSSR count). The molecule has 1 amide bonds. The highest BCUT2D eigenvalue weighted by Crippen LogP contribution is 2.12. The number of hydrogen-bond acceptors (Lipinski definition) is 3. The van der Waals surface area contributed by atoms with Gasteiger partial charge in [-0.25, -0.2) is 0 Å². The largest absolute Gasteiger partial charge is 0.325 e. The Kier molecular flexibility index (Phi) is 5.89. The average Bonchev–Trinajstić information content (AvgIpc) is 2.36. The van der Waals surface area contributed by atoms with E-state index in [0.717, 1.165) is 30.9 Å². The number of nitrogens with zero attached hydrogens (tertiary/aromatic N) is 2. The molecule has 0 spiro atoms. The zero-order valence-electron chi connectivity index (χ0n) is 10.9. The van der Waals surface area contributed by atoms with E-state index in [0.29, 0.717) is 0 Å². The second-order valence-corrected chi connectivity index (χ2v) is 4.04. The predicted octanol–water partition coefficient (Wildman–Crippen LogP) is 2.38. The molecule has 0 heterocycles. The van der Waals surface area contributed by atoms with Crippen LogP contribution in [0.2, 0.25) is 0 Å². The van der Waals surface area contributed by atoms with Crippen LogP contribution < -0.4 is 5.32 Å². The van der Waals surface area contributed by atoms with Gasteiger partial charge in [0.1, 0.15) is 6.42 Å². The molecule has 1 N–H and O–H groups in total. The van der Waals surface area contributed by atoms with Crippen molar-refractivity contribution >= 4 is 11.6 Å². The van der Waals surface area contributed by atoms with Crippen molar-refractivity contribution < 1.29 is 4.79 Å². The number of anilines is 1. The van der Waals surface area contributed by atoms with Crippen LogP contribution >= 0.6 is 0 Å². The van der Waals surface area contributed by atoms with Gasteiger partial charge in [0, 0.05) is 12.2 Å². The number of benzene rings is 1. The van der Waals surface area contributed by atoms with Gasteiger partial charge in [-0.15, -0.1) is 0 Å². The normalized spacial score (nSPS) is 10.1. The zero-order valence-corrected chi connectivity index (χ0v) is 10.9. The molecular formula is C14H19N3O. The summed E-state index contributed by atoms with van der Waals surface area (Å²) < 4.78 is 0. The first-order valence-corrected chi connectivity index (χ1v) is 6.17. The average molecular weight is 245 g/mol. The third-order valence-corrected chi connectivity index (χ3v) is 2.75. The molecule has 18 heavy (non-hydrogen) atoms. The van der Waals surface area contributed by atoms with Crippen molar-refractivity contribution in [1.82, 2.24) is 4.90 Å². The van der Waals surface area contributed by atoms with E-state index in [4.69, 9.17) is 5.26 Å². The summed E-state index contributed by atoms with van der Waals surface area (Å²) in [5.74, 6) is -0.266. The van der Waals surface area contributed by atoms with Gasteiger partial charge in [-0.3, -0.25) is 9.69 Å². The van der Waals surface area contributed by atoms with Crippen molar-refractivity contribution in [2.24, 2.45) is 0 Å². The Bertz CT molecular complexity index is 433. The maximum absolute atomic E-state index is 11.3. The molecule has 4 nitrogen and oxygen atoms in total. The summed E-state index contributed by atoms with van der Waals surface area (Å²) in [7, 11) is 0. The second kappa shape index (κ2) is 7.46. The molecule has 0 radical (unpaired) electrons. The minimum absolute atomic E-state index is 0.111. The fourth-order valence-corrected chi connectivity index (χ4v) is 1.73. The van der Waals surface area contributed by atoms with E-state index < -0.39 is 0 Å². The van der Waals surface area contributed by atoms with Crippen LogP contribution in [0.3, 0.4) is 0 Å². The van der Waals surface area contributed by atoms with Crippen LogP contribution in [0.25, 0.3) is 0 Å². The summed E-state index contributed by atoms with van der Waals surface area (Å²) in [4.78, 5) is 13.6. The van der Waals surface area contributed by atoms with E-state index in [-0.39, 0.29) is 12.3 Å². The molecule has 0 bridgehead atoms. The molecule has 0 unspecified atom stereocenters. The van der Waals surface area contributed by atoms with Gasteiger partial charge in [0.05, 0.1) is 6.07 Å². The van der Waals surface area contributed by atoms with E-state index in [2.05, 4.69) is 24.1 Å². The van der Waals surface area contributed by atoms with Crippen molar-refractivity contribution in [2.45, 2.75) is 26.8 Å². The summed E-state index contributed by atoms with van der Waals surface area (Å²) in [5, 5.41) is 11.1. The lowest BCUT2D eigenvalue weighted by atomic mass is 10.2. The van der Waals surface area contributed by atoms with Crippen LogP contribution in [0.15, 0.2) is 24.3 Å². The molecule has 96 valence electrons. The van der Waals surface area contributed by atoms with Crippen LogP contribution in [0.5, 0.6) is 0 Å². The molecule has 1 aromatic carbocycles. The lowest BCUT2D eigenvalue weighted by Gasteiger charge is -2.18. The maximum atomic E-state index is 11.3. The minimum atomic E-state index is -0.266. The lowest BCUT2D eigenvalue weighted by Crippen LogP contribution is -2.22. The Labute approximate surface area is 108 Å². The Balaban J connectivity index is 2.67. The number of carbonyl (C=O) groups is 1. The van der Waals surface area contributed by atoms with Gasteiger partial charge in [0.15, 0.2) is 0 Å². The number of hydrogen-bond donors (Lipinski definition) is 1. The van der Waals surface area contributed by atoms with Crippen molar-refractivity contribution in [1.29, 1.82) is 5.26 Å². The molecular weight excluding hydrogens is 226 g/mol. The van der Waals surface area contributed by atoms with Gasteiger partial charge < -0.3 is 5.32 Å². The first kappa shape index (κ1) is 14.2. The predicted molar refractivity (Wildman–Crippen MR) is 71.9 cm³/mol. The molecule has 1 aromatic rings. The van der Waals surface area contributed by atoms with Gasteiger partial charge >= 0.3 is 0 Å². The molecule has 0 aliphatic heterocycles. The van der Waals surface area contributed by atoms with Crippen molar-refractivity contribution in [2.75, 3.05) is 18.4 Å². The molecule has 4 heteroatoms. The Morgan fingerprint density at radius 3 is 2.72 bits per heavy atom. The van der Waals surface area contributed by atoms with Crippen LogP contribution in [-0.2, 0) is 11.3 Å². The van der Waals surface area contributed by atoms with Crippen molar-refractivity contribution in [3.8, 4) is 6.07 Å². The summed E-state index contributed by atoms with van der Waals surface area (Å²) in [6, 6.07) is 9.58. The SMILES string of the molecule is CCN(CC)Cc1cccc(NC(=O)CC#N)c1. The highest BCUT2D eigenvalue weighted by molar-refractivity contribution is 5.92. The molecule has 0 saturated carbocycles. The Hall–Kier alpha value is -1.86. The molecule has 0 fully saturated rings. The fraction of sp³-hybridized carbons (Fsp3) is 0.429. The van der Waals surface area contributed by atoms with E-state index in [1.54, 1.807) is 0 Å². The first-order valence-electron chi connectivity index (χ1n) is 6.17. The summed E-state index contributed by atoms with van der Waals surface area (Å²) in [5.41, 5.74) is 1.91. The highest BCUT2D eigenvalue weighted by atomic mass is 16.1. The molecule has 0 saturated heterocycles. The van der Waals surface area contributed by atoms with Crippen molar-refractivity contribution in [3.05, 3.63) is 29.8 Å². The van der Waals surface area contributed by atoms with E-state index in [1.165, 1.54) is 0 Å². The molecule has 0 aliphatic rings. The summed E-state index contributed by atoms with van der Waals surface area (Å²) in [6.07, 6.45) is -0.111. The molecule has 0 aliphatic carbocycles. The zero-order chi connectivity index (χ0) is 13.4. The van der Waals surface area contributed by atoms with Gasteiger partial charge in [0.2, 0.25) is 5.91 Å². The van der Waals surface area contributed by atoms with E-state index in [9.17, 15) is 4.79 Å². The van der Waals surface area contributed by atoms with E-state index >= 15 is 0 Å². The number of carbonyl (C=O) groups excluding carboxylic acids is 1. The first-order chi connectivity index (χ1) is 8.69. The standard InChI is InChI=1S/C14H19N3O/c1-3-17(4-2)11-12-6-5-7-13(10-12)16-14(18)8-9-15/h5-7,10H,3-4,8,11H2,1-2H3,(H,16,18). The summed E-state index contributed by atoms with van der Waals surface area (Å²) >= 11 is 0. The molecule has 0 aromatic heterocycles. The number of nitriles is 1. The smallest absolute Gasteiger partial charge is 0.238 e. The van der Waals surface area contributed by atoms with Gasteiger partial charge in [-0.1, -0.05) is 26.0 Å². The van der Waals surface area contributed by atoms with Gasteiger partial charge in [-0.05, 0) is 30.8 Å². The van der Waals surface area contributed by atoms with E-state index in [1.807, 2.05) is 30.3 Å². The van der Waals surface area contributed by atoms with Crippen LogP contribution in [0.1, 0.15) is 25.8 Å². The topological polar surface area (TPSA) is 56.1 Å². The Morgan fingerprint density at radius 1 is 1.39 bits per heavy atom. The van der Waals surface area contributed by atoms with Crippen LogP contribution in [-0.4, -0.2) is 23.9 Å². The van der Waals surface area contributed by atoms with Gasteiger partial charge in [0.25, 0.3) is 0 Å². The number of nitrogens with one attached hydrogen (secondary N) is 1. The highest BCUT2D eigenvalue weighted by Gasteiger charge is 2.04. The second-order valence-electron chi connectivity index (χ2n) is 4.04. The number of rotatable bonds is 6.